The first-order valence-corrected chi connectivity index (χ1v) is 4.14. The van der Waals surface area contributed by atoms with Gasteiger partial charge in [-0.2, -0.15) is 5.10 Å². The number of aromatic nitrogens is 2. The lowest BCUT2D eigenvalue weighted by molar-refractivity contribution is 0.0933. The topological polar surface area (TPSA) is 44.1 Å². The first kappa shape index (κ1) is 8.04. The predicted octanol–water partition coefficient (Wildman–Crippen LogP) is 0.907. The van der Waals surface area contributed by atoms with E-state index in [9.17, 15) is 4.79 Å². The van der Waals surface area contributed by atoms with E-state index in [0.29, 0.717) is 18.1 Å². The standard InChI is InChI=1S/C9H10N2O2/c1-11-7(4-5-10-11)9(12)8-3-2-6-13-8/h3-5H,2,6H2,1H3. The van der Waals surface area contributed by atoms with Gasteiger partial charge in [0.25, 0.3) is 0 Å². The van der Waals surface area contributed by atoms with Gasteiger partial charge in [0, 0.05) is 19.7 Å². The highest BCUT2D eigenvalue weighted by Crippen LogP contribution is 2.14. The van der Waals surface area contributed by atoms with E-state index in [1.165, 1.54) is 0 Å². The van der Waals surface area contributed by atoms with Gasteiger partial charge in [-0.15, -0.1) is 0 Å². The van der Waals surface area contributed by atoms with Crippen LogP contribution in [0.5, 0.6) is 0 Å². The van der Waals surface area contributed by atoms with Crippen molar-refractivity contribution in [1.29, 1.82) is 0 Å². The highest BCUT2D eigenvalue weighted by atomic mass is 16.5. The molecule has 2 heterocycles. The Morgan fingerprint density at radius 2 is 2.54 bits per heavy atom. The Kier molecular flexibility index (Phi) is 1.88. The zero-order valence-corrected chi connectivity index (χ0v) is 7.36. The second-order valence-electron chi connectivity index (χ2n) is 2.87. The number of Topliss-reactive ketones (excluding diaryl/α,β-unsaturated/α-hetero) is 1. The summed E-state index contributed by atoms with van der Waals surface area (Å²) in [5.41, 5.74) is 0.563. The maximum atomic E-state index is 11.7. The Morgan fingerprint density at radius 1 is 1.69 bits per heavy atom. The molecule has 0 N–H and O–H groups in total. The van der Waals surface area contributed by atoms with Gasteiger partial charge in [-0.1, -0.05) is 0 Å². The molecule has 0 fully saturated rings. The summed E-state index contributed by atoms with van der Waals surface area (Å²) >= 11 is 0. The number of ketones is 1. The summed E-state index contributed by atoms with van der Waals surface area (Å²) < 4.78 is 6.71. The molecular formula is C9H10N2O2. The molecule has 0 atom stereocenters. The molecule has 4 nitrogen and oxygen atoms in total. The summed E-state index contributed by atoms with van der Waals surface area (Å²) in [5, 5.41) is 3.92. The number of rotatable bonds is 2. The van der Waals surface area contributed by atoms with Crippen LogP contribution in [0.1, 0.15) is 16.9 Å². The van der Waals surface area contributed by atoms with E-state index < -0.39 is 0 Å². The van der Waals surface area contributed by atoms with E-state index >= 15 is 0 Å². The number of carbonyl (C=O) groups excluding carboxylic acids is 1. The van der Waals surface area contributed by atoms with Gasteiger partial charge >= 0.3 is 0 Å². The van der Waals surface area contributed by atoms with Crippen molar-refractivity contribution in [2.24, 2.45) is 7.05 Å². The van der Waals surface area contributed by atoms with Crippen LogP contribution in [0.3, 0.4) is 0 Å². The van der Waals surface area contributed by atoms with Gasteiger partial charge in [-0.05, 0) is 12.1 Å². The molecule has 1 aromatic heterocycles. The molecule has 4 heteroatoms. The fraction of sp³-hybridized carbons (Fsp3) is 0.333. The molecule has 1 aromatic rings. The number of hydrogen-bond acceptors (Lipinski definition) is 3. The van der Waals surface area contributed by atoms with Gasteiger partial charge in [0.1, 0.15) is 5.69 Å². The van der Waals surface area contributed by atoms with Gasteiger partial charge < -0.3 is 4.74 Å². The molecule has 1 aliphatic rings. The summed E-state index contributed by atoms with van der Waals surface area (Å²) in [7, 11) is 1.74. The molecule has 2 rings (SSSR count). The summed E-state index contributed by atoms with van der Waals surface area (Å²) in [6.45, 7) is 0.610. The average Bonchev–Trinajstić information content (AvgIpc) is 2.72. The molecule has 1 aliphatic heterocycles. The minimum Gasteiger partial charge on any atom is -0.489 e. The first-order chi connectivity index (χ1) is 6.29. The third kappa shape index (κ3) is 1.35. The van der Waals surface area contributed by atoms with Gasteiger partial charge in [0.05, 0.1) is 6.61 Å². The number of ether oxygens (including phenoxy) is 1. The van der Waals surface area contributed by atoms with Crippen molar-refractivity contribution < 1.29 is 9.53 Å². The molecule has 0 amide bonds. The van der Waals surface area contributed by atoms with Crippen molar-refractivity contribution in [2.45, 2.75) is 6.42 Å². The monoisotopic (exact) mass is 178 g/mol. The molecular weight excluding hydrogens is 168 g/mol. The Labute approximate surface area is 75.8 Å². The quantitative estimate of drug-likeness (QED) is 0.632. The highest BCUT2D eigenvalue weighted by molar-refractivity contribution is 6.06. The zero-order chi connectivity index (χ0) is 9.26. The van der Waals surface area contributed by atoms with Crippen LogP contribution in [0.2, 0.25) is 0 Å². The third-order valence-corrected chi connectivity index (χ3v) is 1.98. The van der Waals surface area contributed by atoms with Gasteiger partial charge in [0.15, 0.2) is 5.76 Å². The van der Waals surface area contributed by atoms with Crippen LogP contribution in [0, 0.1) is 0 Å². The summed E-state index contributed by atoms with van der Waals surface area (Å²) in [5.74, 6) is 0.362. The second kappa shape index (κ2) is 3.05. The lowest BCUT2D eigenvalue weighted by atomic mass is 10.2. The van der Waals surface area contributed by atoms with E-state index in [1.807, 2.05) is 6.08 Å². The summed E-state index contributed by atoms with van der Waals surface area (Å²) in [6, 6.07) is 1.69. The Balaban J connectivity index is 2.27. The molecule has 0 aliphatic carbocycles. The number of hydrogen-bond donors (Lipinski definition) is 0. The Morgan fingerprint density at radius 3 is 3.08 bits per heavy atom. The largest absolute Gasteiger partial charge is 0.489 e. The molecule has 68 valence electrons. The third-order valence-electron chi connectivity index (χ3n) is 1.98. The molecule has 0 spiro atoms. The van der Waals surface area contributed by atoms with E-state index in [2.05, 4.69) is 5.10 Å². The van der Waals surface area contributed by atoms with Gasteiger partial charge in [-0.25, -0.2) is 0 Å². The van der Waals surface area contributed by atoms with Crippen LogP contribution in [0.4, 0.5) is 0 Å². The van der Waals surface area contributed by atoms with Crippen molar-refractivity contribution in [3.05, 3.63) is 29.8 Å². The fourth-order valence-corrected chi connectivity index (χ4v) is 1.30. The van der Waals surface area contributed by atoms with Gasteiger partial charge in [-0.3, -0.25) is 9.48 Å². The van der Waals surface area contributed by atoms with Crippen LogP contribution >= 0.6 is 0 Å². The maximum absolute atomic E-state index is 11.7. The van der Waals surface area contributed by atoms with Crippen LogP contribution in [-0.4, -0.2) is 22.2 Å². The van der Waals surface area contributed by atoms with Crippen molar-refractivity contribution in [3.63, 3.8) is 0 Å². The van der Waals surface area contributed by atoms with E-state index in [-0.39, 0.29) is 5.78 Å². The normalized spacial score (nSPS) is 15.3. The molecule has 13 heavy (non-hydrogen) atoms. The Bertz CT molecular complexity index is 365. The molecule has 0 unspecified atom stereocenters. The number of aryl methyl sites for hydroxylation is 1. The molecule has 0 radical (unpaired) electrons. The van der Waals surface area contributed by atoms with Crippen LogP contribution in [0.25, 0.3) is 0 Å². The summed E-state index contributed by atoms with van der Waals surface area (Å²) in [6.07, 6.45) is 4.23. The zero-order valence-electron chi connectivity index (χ0n) is 7.36. The molecule has 0 saturated carbocycles. The van der Waals surface area contributed by atoms with Crippen molar-refractivity contribution >= 4 is 5.78 Å². The van der Waals surface area contributed by atoms with E-state index in [1.54, 1.807) is 24.0 Å². The average molecular weight is 178 g/mol. The number of allylic oxidation sites excluding steroid dienone is 1. The fourth-order valence-electron chi connectivity index (χ4n) is 1.30. The maximum Gasteiger partial charge on any atom is 0.245 e. The number of carbonyl (C=O) groups is 1. The van der Waals surface area contributed by atoms with Crippen molar-refractivity contribution in [2.75, 3.05) is 6.61 Å². The smallest absolute Gasteiger partial charge is 0.245 e. The van der Waals surface area contributed by atoms with E-state index in [4.69, 9.17) is 4.74 Å². The van der Waals surface area contributed by atoms with Crippen LogP contribution in [-0.2, 0) is 11.8 Å². The van der Waals surface area contributed by atoms with Crippen molar-refractivity contribution in [1.82, 2.24) is 9.78 Å². The lowest BCUT2D eigenvalue weighted by Crippen LogP contribution is -2.09. The van der Waals surface area contributed by atoms with Crippen LogP contribution in [0.15, 0.2) is 24.1 Å². The second-order valence-corrected chi connectivity index (χ2v) is 2.87. The number of nitrogens with zero attached hydrogens (tertiary/aromatic N) is 2. The molecule has 0 bridgehead atoms. The lowest BCUT2D eigenvalue weighted by Gasteiger charge is -2.02. The SMILES string of the molecule is Cn1nccc1C(=O)C1=CCCO1. The minimum atomic E-state index is -0.0856. The predicted molar refractivity (Wildman–Crippen MR) is 46.2 cm³/mol. The van der Waals surface area contributed by atoms with Crippen LogP contribution < -0.4 is 0 Å². The van der Waals surface area contributed by atoms with Crippen molar-refractivity contribution in [3.8, 4) is 0 Å². The molecule has 0 saturated heterocycles. The van der Waals surface area contributed by atoms with E-state index in [0.717, 1.165) is 6.42 Å². The summed E-state index contributed by atoms with van der Waals surface area (Å²) in [4.78, 5) is 11.7. The minimum absolute atomic E-state index is 0.0856. The Hall–Kier alpha value is -1.58. The molecule has 0 aromatic carbocycles. The highest BCUT2D eigenvalue weighted by Gasteiger charge is 2.19. The van der Waals surface area contributed by atoms with Gasteiger partial charge in [0.2, 0.25) is 5.78 Å². The first-order valence-electron chi connectivity index (χ1n) is 4.14.